The van der Waals surface area contributed by atoms with Gasteiger partial charge in [-0.3, -0.25) is 0 Å². The van der Waals surface area contributed by atoms with E-state index in [2.05, 4.69) is 5.32 Å². The maximum atomic E-state index is 13.1. The summed E-state index contributed by atoms with van der Waals surface area (Å²) in [4.78, 5) is 1.90. The Bertz CT molecular complexity index is 395. The van der Waals surface area contributed by atoms with Crippen LogP contribution in [0.3, 0.4) is 0 Å². The Balaban J connectivity index is 1.86. The fraction of sp³-hybridized carbons (Fsp3) is 0.538. The molecule has 1 aliphatic rings. The highest BCUT2D eigenvalue weighted by molar-refractivity contribution is 5.45. The molecule has 1 N–H and O–H groups in total. The van der Waals surface area contributed by atoms with Gasteiger partial charge in [0.1, 0.15) is 0 Å². The SMILES string of the molecule is CN(CCC1CNCCO1)c1ccc(F)c(F)c1. The molecule has 0 bridgehead atoms. The number of nitrogens with one attached hydrogen (secondary N) is 1. The maximum absolute atomic E-state index is 13.1. The third kappa shape index (κ3) is 3.40. The van der Waals surface area contributed by atoms with Gasteiger partial charge in [-0.15, -0.1) is 0 Å². The molecule has 1 atom stereocenters. The van der Waals surface area contributed by atoms with Crippen LogP contribution in [0.4, 0.5) is 14.5 Å². The Hall–Kier alpha value is -1.20. The van der Waals surface area contributed by atoms with E-state index in [9.17, 15) is 8.78 Å². The van der Waals surface area contributed by atoms with Crippen LogP contribution in [-0.4, -0.2) is 39.4 Å². The van der Waals surface area contributed by atoms with Crippen LogP contribution in [0.5, 0.6) is 0 Å². The summed E-state index contributed by atoms with van der Waals surface area (Å²) in [5.74, 6) is -1.62. The molecule has 18 heavy (non-hydrogen) atoms. The molecule has 0 spiro atoms. The Morgan fingerprint density at radius 1 is 1.39 bits per heavy atom. The lowest BCUT2D eigenvalue weighted by molar-refractivity contribution is 0.0250. The van der Waals surface area contributed by atoms with Crippen LogP contribution < -0.4 is 10.2 Å². The number of rotatable bonds is 4. The molecule has 1 saturated heterocycles. The Morgan fingerprint density at radius 3 is 2.89 bits per heavy atom. The molecule has 0 saturated carbocycles. The van der Waals surface area contributed by atoms with E-state index in [0.29, 0.717) is 5.69 Å². The van der Waals surface area contributed by atoms with E-state index in [1.54, 1.807) is 6.07 Å². The molecule has 0 amide bonds. The van der Waals surface area contributed by atoms with Gasteiger partial charge < -0.3 is 15.0 Å². The predicted molar refractivity (Wildman–Crippen MR) is 66.9 cm³/mol. The predicted octanol–water partition coefficient (Wildman–Crippen LogP) is 1.78. The number of benzene rings is 1. The molecule has 100 valence electrons. The number of hydrogen-bond donors (Lipinski definition) is 1. The van der Waals surface area contributed by atoms with Gasteiger partial charge in [0.25, 0.3) is 0 Å². The van der Waals surface area contributed by atoms with Gasteiger partial charge in [0.05, 0.1) is 12.7 Å². The molecular formula is C13H18F2N2O. The first-order valence-corrected chi connectivity index (χ1v) is 6.15. The van der Waals surface area contributed by atoms with E-state index in [1.807, 2.05) is 11.9 Å². The lowest BCUT2D eigenvalue weighted by Crippen LogP contribution is -2.40. The molecule has 1 aromatic carbocycles. The summed E-state index contributed by atoms with van der Waals surface area (Å²) in [7, 11) is 1.86. The third-order valence-corrected chi connectivity index (χ3v) is 3.13. The molecule has 1 heterocycles. The second-order valence-electron chi connectivity index (χ2n) is 4.51. The van der Waals surface area contributed by atoms with Crippen molar-refractivity contribution in [3.63, 3.8) is 0 Å². The third-order valence-electron chi connectivity index (χ3n) is 3.13. The molecule has 0 radical (unpaired) electrons. The minimum absolute atomic E-state index is 0.200. The molecule has 1 unspecified atom stereocenters. The Labute approximate surface area is 106 Å². The molecule has 2 rings (SSSR count). The first-order chi connectivity index (χ1) is 8.66. The second kappa shape index (κ2) is 6.11. The average Bonchev–Trinajstić information content (AvgIpc) is 2.40. The summed E-state index contributed by atoms with van der Waals surface area (Å²) in [6.45, 7) is 3.23. The van der Waals surface area contributed by atoms with Crippen LogP contribution >= 0.6 is 0 Å². The molecule has 1 aromatic rings. The van der Waals surface area contributed by atoms with Crippen molar-refractivity contribution in [3.05, 3.63) is 29.8 Å². The van der Waals surface area contributed by atoms with Gasteiger partial charge in [-0.05, 0) is 18.6 Å². The van der Waals surface area contributed by atoms with Gasteiger partial charge >= 0.3 is 0 Å². The monoisotopic (exact) mass is 256 g/mol. The summed E-state index contributed by atoms with van der Waals surface area (Å²) >= 11 is 0. The Kier molecular flexibility index (Phi) is 4.49. The zero-order valence-electron chi connectivity index (χ0n) is 10.5. The van der Waals surface area contributed by atoms with Gasteiger partial charge in [0.2, 0.25) is 0 Å². The quantitative estimate of drug-likeness (QED) is 0.888. The van der Waals surface area contributed by atoms with E-state index >= 15 is 0 Å². The van der Waals surface area contributed by atoms with Gasteiger partial charge in [-0.25, -0.2) is 8.78 Å². The highest BCUT2D eigenvalue weighted by Crippen LogP contribution is 2.17. The number of morpholine rings is 1. The zero-order chi connectivity index (χ0) is 13.0. The van der Waals surface area contributed by atoms with Crippen molar-refractivity contribution in [1.29, 1.82) is 0 Å². The van der Waals surface area contributed by atoms with E-state index in [0.717, 1.165) is 38.7 Å². The van der Waals surface area contributed by atoms with Crippen molar-refractivity contribution in [2.24, 2.45) is 0 Å². The first-order valence-electron chi connectivity index (χ1n) is 6.15. The molecule has 1 fully saturated rings. The van der Waals surface area contributed by atoms with Crippen molar-refractivity contribution < 1.29 is 13.5 Å². The van der Waals surface area contributed by atoms with Gasteiger partial charge in [-0.1, -0.05) is 0 Å². The van der Waals surface area contributed by atoms with Crippen molar-refractivity contribution in [2.75, 3.05) is 38.2 Å². The van der Waals surface area contributed by atoms with Gasteiger partial charge in [-0.2, -0.15) is 0 Å². The molecule has 0 aliphatic carbocycles. The molecule has 0 aromatic heterocycles. The standard InChI is InChI=1S/C13H18F2N2O/c1-17(6-4-11-9-16-5-7-18-11)10-2-3-12(14)13(15)8-10/h2-3,8,11,16H,4-7,9H2,1H3. The number of nitrogens with zero attached hydrogens (tertiary/aromatic N) is 1. The smallest absolute Gasteiger partial charge is 0.160 e. The summed E-state index contributed by atoms with van der Waals surface area (Å²) in [5.41, 5.74) is 0.678. The van der Waals surface area contributed by atoms with Crippen molar-refractivity contribution in [3.8, 4) is 0 Å². The molecular weight excluding hydrogens is 238 g/mol. The van der Waals surface area contributed by atoms with Crippen molar-refractivity contribution in [1.82, 2.24) is 5.32 Å². The van der Waals surface area contributed by atoms with Crippen molar-refractivity contribution in [2.45, 2.75) is 12.5 Å². The van der Waals surface area contributed by atoms with Gasteiger partial charge in [0.15, 0.2) is 11.6 Å². The molecule has 5 heteroatoms. The minimum Gasteiger partial charge on any atom is -0.376 e. The van der Waals surface area contributed by atoms with Crippen LogP contribution in [0.15, 0.2) is 18.2 Å². The fourth-order valence-corrected chi connectivity index (χ4v) is 1.99. The maximum Gasteiger partial charge on any atom is 0.160 e. The topological polar surface area (TPSA) is 24.5 Å². The lowest BCUT2D eigenvalue weighted by atomic mass is 10.2. The first kappa shape index (κ1) is 13.2. The largest absolute Gasteiger partial charge is 0.376 e. The van der Waals surface area contributed by atoms with E-state index in [-0.39, 0.29) is 6.10 Å². The summed E-state index contributed by atoms with van der Waals surface area (Å²) in [6.07, 6.45) is 1.06. The van der Waals surface area contributed by atoms with Crippen molar-refractivity contribution >= 4 is 5.69 Å². The van der Waals surface area contributed by atoms with Crippen LogP contribution in [-0.2, 0) is 4.74 Å². The number of halogens is 2. The minimum atomic E-state index is -0.813. The fourth-order valence-electron chi connectivity index (χ4n) is 1.99. The molecule has 3 nitrogen and oxygen atoms in total. The second-order valence-corrected chi connectivity index (χ2v) is 4.51. The zero-order valence-corrected chi connectivity index (χ0v) is 10.5. The van der Waals surface area contributed by atoms with Crippen LogP contribution in [0.1, 0.15) is 6.42 Å². The highest BCUT2D eigenvalue weighted by Gasteiger charge is 2.14. The van der Waals surface area contributed by atoms with E-state index < -0.39 is 11.6 Å². The normalized spacial score (nSPS) is 19.8. The highest BCUT2D eigenvalue weighted by atomic mass is 19.2. The van der Waals surface area contributed by atoms with E-state index in [1.165, 1.54) is 6.07 Å². The lowest BCUT2D eigenvalue weighted by Gasteiger charge is -2.26. The summed E-state index contributed by atoms with van der Waals surface area (Å²) < 4.78 is 31.5. The summed E-state index contributed by atoms with van der Waals surface area (Å²) in [5, 5.41) is 3.26. The van der Waals surface area contributed by atoms with E-state index in [4.69, 9.17) is 4.74 Å². The van der Waals surface area contributed by atoms with Gasteiger partial charge in [0, 0.05) is 38.4 Å². The number of anilines is 1. The number of hydrogen-bond acceptors (Lipinski definition) is 3. The number of ether oxygens (including phenoxy) is 1. The summed E-state index contributed by atoms with van der Waals surface area (Å²) in [6, 6.07) is 3.95. The average molecular weight is 256 g/mol. The molecule has 1 aliphatic heterocycles. The van der Waals surface area contributed by atoms with Crippen LogP contribution in [0, 0.1) is 11.6 Å². The Morgan fingerprint density at radius 2 is 2.22 bits per heavy atom. The van der Waals surface area contributed by atoms with Crippen LogP contribution in [0.25, 0.3) is 0 Å². The van der Waals surface area contributed by atoms with Crippen LogP contribution in [0.2, 0.25) is 0 Å².